The van der Waals surface area contributed by atoms with Gasteiger partial charge in [0.2, 0.25) is 0 Å². The summed E-state index contributed by atoms with van der Waals surface area (Å²) in [5, 5.41) is 5.36. The van der Waals surface area contributed by atoms with Crippen molar-refractivity contribution >= 4 is 17.0 Å². The summed E-state index contributed by atoms with van der Waals surface area (Å²) >= 11 is 1.61. The molecule has 4 heteroatoms. The lowest BCUT2D eigenvalue weighted by atomic mass is 10.1. The Morgan fingerprint density at radius 3 is 3.27 bits per heavy atom. The van der Waals surface area contributed by atoms with Crippen LogP contribution in [0.3, 0.4) is 0 Å². The molecule has 15 heavy (non-hydrogen) atoms. The standard InChI is InChI=1S/C11H10N2OS/c1-2-11-9(12-3-4-14-11)5-8(1)10-6-15-7-13-10/h1-2,5-7,12H,3-4H2. The third-order valence-corrected chi connectivity index (χ3v) is 2.97. The molecule has 0 saturated heterocycles. The molecule has 3 rings (SSSR count). The first-order valence-electron chi connectivity index (χ1n) is 4.83. The fraction of sp³-hybridized carbons (Fsp3) is 0.182. The number of benzene rings is 1. The van der Waals surface area contributed by atoms with E-state index in [1.165, 1.54) is 0 Å². The number of ether oxygens (including phenoxy) is 1. The average Bonchev–Trinajstić information content (AvgIpc) is 2.82. The van der Waals surface area contributed by atoms with Crippen molar-refractivity contribution in [3.63, 3.8) is 0 Å². The molecule has 0 atom stereocenters. The second-order valence-electron chi connectivity index (χ2n) is 3.36. The zero-order valence-electron chi connectivity index (χ0n) is 8.06. The first kappa shape index (κ1) is 8.73. The normalized spacial score (nSPS) is 13.9. The van der Waals surface area contributed by atoms with Crippen molar-refractivity contribution in [2.45, 2.75) is 0 Å². The molecule has 2 heterocycles. The van der Waals surface area contributed by atoms with E-state index in [4.69, 9.17) is 4.74 Å². The SMILES string of the molecule is c1nc(-c2ccc3c(c2)NCCO3)cs1. The third kappa shape index (κ3) is 1.57. The summed E-state index contributed by atoms with van der Waals surface area (Å²) in [7, 11) is 0. The smallest absolute Gasteiger partial charge is 0.142 e. The minimum atomic E-state index is 0.739. The average molecular weight is 218 g/mol. The summed E-state index contributed by atoms with van der Waals surface area (Å²) < 4.78 is 5.52. The highest BCUT2D eigenvalue weighted by Crippen LogP contribution is 2.31. The Kier molecular flexibility index (Phi) is 2.07. The second-order valence-corrected chi connectivity index (χ2v) is 4.08. The third-order valence-electron chi connectivity index (χ3n) is 2.38. The van der Waals surface area contributed by atoms with Crippen LogP contribution in [0.2, 0.25) is 0 Å². The highest BCUT2D eigenvalue weighted by Gasteiger charge is 2.10. The van der Waals surface area contributed by atoms with Crippen molar-refractivity contribution in [2.75, 3.05) is 18.5 Å². The Labute approximate surface area is 91.7 Å². The van der Waals surface area contributed by atoms with Gasteiger partial charge in [-0.05, 0) is 18.2 Å². The molecule has 1 aromatic heterocycles. The van der Waals surface area contributed by atoms with Crippen LogP contribution in [0.1, 0.15) is 0 Å². The van der Waals surface area contributed by atoms with Crippen LogP contribution in [0.25, 0.3) is 11.3 Å². The van der Waals surface area contributed by atoms with Crippen LogP contribution >= 0.6 is 11.3 Å². The van der Waals surface area contributed by atoms with Crippen LogP contribution in [-0.4, -0.2) is 18.1 Å². The van der Waals surface area contributed by atoms with Crippen molar-refractivity contribution in [2.24, 2.45) is 0 Å². The van der Waals surface area contributed by atoms with Gasteiger partial charge < -0.3 is 10.1 Å². The fourth-order valence-corrected chi connectivity index (χ4v) is 2.22. The Morgan fingerprint density at radius 1 is 1.40 bits per heavy atom. The van der Waals surface area contributed by atoms with Gasteiger partial charge in [0.15, 0.2) is 0 Å². The number of hydrogen-bond donors (Lipinski definition) is 1. The minimum Gasteiger partial charge on any atom is -0.490 e. The molecule has 76 valence electrons. The molecule has 0 unspecified atom stereocenters. The highest BCUT2D eigenvalue weighted by molar-refractivity contribution is 7.07. The zero-order chi connectivity index (χ0) is 10.1. The molecular formula is C11H10N2OS. The Morgan fingerprint density at radius 2 is 2.40 bits per heavy atom. The summed E-state index contributed by atoms with van der Waals surface area (Å²) in [5.41, 5.74) is 5.06. The lowest BCUT2D eigenvalue weighted by Crippen LogP contribution is -2.17. The Hall–Kier alpha value is -1.55. The van der Waals surface area contributed by atoms with Gasteiger partial charge in [-0.25, -0.2) is 4.98 Å². The highest BCUT2D eigenvalue weighted by atomic mass is 32.1. The Balaban J connectivity index is 2.04. The lowest BCUT2D eigenvalue weighted by Gasteiger charge is -2.19. The molecule has 3 nitrogen and oxygen atoms in total. The first-order chi connectivity index (χ1) is 7.43. The van der Waals surface area contributed by atoms with Crippen molar-refractivity contribution in [1.82, 2.24) is 4.98 Å². The van der Waals surface area contributed by atoms with Gasteiger partial charge in [-0.2, -0.15) is 0 Å². The Bertz CT molecular complexity index is 467. The number of aromatic nitrogens is 1. The molecule has 0 bridgehead atoms. The van der Waals surface area contributed by atoms with Crippen LogP contribution in [0, 0.1) is 0 Å². The van der Waals surface area contributed by atoms with E-state index >= 15 is 0 Å². The number of nitrogens with zero attached hydrogens (tertiary/aromatic N) is 1. The fourth-order valence-electron chi connectivity index (χ4n) is 1.66. The summed E-state index contributed by atoms with van der Waals surface area (Å²) in [4.78, 5) is 4.29. The quantitative estimate of drug-likeness (QED) is 0.799. The van der Waals surface area contributed by atoms with Gasteiger partial charge in [-0.15, -0.1) is 11.3 Å². The van der Waals surface area contributed by atoms with Gasteiger partial charge in [0, 0.05) is 17.5 Å². The number of anilines is 1. The van der Waals surface area contributed by atoms with E-state index in [0.29, 0.717) is 0 Å². The van der Waals surface area contributed by atoms with Gasteiger partial charge >= 0.3 is 0 Å². The predicted octanol–water partition coefficient (Wildman–Crippen LogP) is 2.61. The topological polar surface area (TPSA) is 34.2 Å². The van der Waals surface area contributed by atoms with Gasteiger partial charge in [0.25, 0.3) is 0 Å². The predicted molar refractivity (Wildman–Crippen MR) is 61.5 cm³/mol. The number of rotatable bonds is 1. The molecular weight excluding hydrogens is 208 g/mol. The van der Waals surface area contributed by atoms with E-state index in [1.54, 1.807) is 11.3 Å². The molecule has 0 amide bonds. The summed E-state index contributed by atoms with van der Waals surface area (Å²) in [6.45, 7) is 1.61. The number of nitrogens with one attached hydrogen (secondary N) is 1. The van der Waals surface area contributed by atoms with Crippen LogP contribution in [-0.2, 0) is 0 Å². The molecule has 2 aromatic rings. The molecule has 1 aliphatic rings. The first-order valence-corrected chi connectivity index (χ1v) is 5.77. The monoisotopic (exact) mass is 218 g/mol. The van der Waals surface area contributed by atoms with Crippen molar-refractivity contribution in [3.8, 4) is 17.0 Å². The maximum absolute atomic E-state index is 5.52. The zero-order valence-corrected chi connectivity index (χ0v) is 8.88. The molecule has 0 saturated carbocycles. The number of thiazole rings is 1. The molecule has 1 aromatic carbocycles. The van der Waals surface area contributed by atoms with E-state index in [2.05, 4.69) is 16.4 Å². The van der Waals surface area contributed by atoms with E-state index in [9.17, 15) is 0 Å². The second kappa shape index (κ2) is 3.55. The van der Waals surface area contributed by atoms with Gasteiger partial charge in [-0.1, -0.05) is 0 Å². The van der Waals surface area contributed by atoms with Crippen LogP contribution in [0.5, 0.6) is 5.75 Å². The van der Waals surface area contributed by atoms with Crippen molar-refractivity contribution < 1.29 is 4.74 Å². The van der Waals surface area contributed by atoms with Crippen molar-refractivity contribution in [1.29, 1.82) is 0 Å². The van der Waals surface area contributed by atoms with E-state index in [1.807, 2.05) is 23.0 Å². The minimum absolute atomic E-state index is 0.739. The van der Waals surface area contributed by atoms with Crippen LogP contribution in [0.15, 0.2) is 29.1 Å². The van der Waals surface area contributed by atoms with Gasteiger partial charge in [0.05, 0.1) is 16.9 Å². The molecule has 1 aliphatic heterocycles. The lowest BCUT2D eigenvalue weighted by molar-refractivity contribution is 0.323. The largest absolute Gasteiger partial charge is 0.490 e. The summed E-state index contributed by atoms with van der Waals surface area (Å²) in [6, 6.07) is 6.13. The molecule has 0 fully saturated rings. The van der Waals surface area contributed by atoms with E-state index < -0.39 is 0 Å². The van der Waals surface area contributed by atoms with Crippen LogP contribution < -0.4 is 10.1 Å². The molecule has 0 radical (unpaired) electrons. The number of fused-ring (bicyclic) bond motifs is 1. The van der Waals surface area contributed by atoms with Crippen LogP contribution in [0.4, 0.5) is 5.69 Å². The maximum atomic E-state index is 5.52. The molecule has 1 N–H and O–H groups in total. The van der Waals surface area contributed by atoms with E-state index in [-0.39, 0.29) is 0 Å². The van der Waals surface area contributed by atoms with Crippen molar-refractivity contribution in [3.05, 3.63) is 29.1 Å². The summed E-state index contributed by atoms with van der Waals surface area (Å²) in [6.07, 6.45) is 0. The maximum Gasteiger partial charge on any atom is 0.142 e. The van der Waals surface area contributed by atoms with Gasteiger partial charge in [-0.3, -0.25) is 0 Å². The summed E-state index contributed by atoms with van der Waals surface area (Å²) in [5.74, 6) is 0.931. The molecule has 0 aliphatic carbocycles. The van der Waals surface area contributed by atoms with Gasteiger partial charge in [0.1, 0.15) is 12.4 Å². The number of hydrogen-bond acceptors (Lipinski definition) is 4. The van der Waals surface area contributed by atoms with E-state index in [0.717, 1.165) is 35.8 Å². The molecule has 0 spiro atoms.